The SMILES string of the molecule is O=C(Cc1ccccc1)C[C@@H]1C(=O)N2C(C(=O)O)=C(COc3ccc4ccc(=O)oc4c3)CS(=O)[C@H]12. The van der Waals surface area contributed by atoms with Crippen LogP contribution in [0.3, 0.4) is 0 Å². The summed E-state index contributed by atoms with van der Waals surface area (Å²) in [6.45, 7) is -0.218. The van der Waals surface area contributed by atoms with Crippen LogP contribution in [0.5, 0.6) is 5.75 Å². The summed E-state index contributed by atoms with van der Waals surface area (Å²) in [5.74, 6) is -2.63. The number of hydrogen-bond acceptors (Lipinski definition) is 7. The summed E-state index contributed by atoms with van der Waals surface area (Å²) in [5, 5.41) is 9.67. The Balaban J connectivity index is 1.32. The monoisotopic (exact) mass is 507 g/mol. The number of carbonyl (C=O) groups is 3. The molecule has 0 bridgehead atoms. The van der Waals surface area contributed by atoms with Crippen molar-refractivity contribution >= 4 is 39.4 Å². The molecule has 2 aliphatic rings. The lowest BCUT2D eigenvalue weighted by molar-refractivity contribution is -0.154. The maximum absolute atomic E-state index is 13.0. The minimum atomic E-state index is -1.60. The largest absolute Gasteiger partial charge is 0.489 e. The van der Waals surface area contributed by atoms with Gasteiger partial charge in [-0.15, -0.1) is 0 Å². The molecular formula is C26H21NO8S. The van der Waals surface area contributed by atoms with Crippen LogP contribution in [0.2, 0.25) is 0 Å². The summed E-state index contributed by atoms with van der Waals surface area (Å²) >= 11 is 0. The third-order valence-corrected chi connectivity index (χ3v) is 7.93. The van der Waals surface area contributed by atoms with Gasteiger partial charge in [-0.3, -0.25) is 18.7 Å². The first-order valence-corrected chi connectivity index (χ1v) is 12.6. The number of carboxylic acid groups (broad SMARTS) is 1. The van der Waals surface area contributed by atoms with Crippen molar-refractivity contribution in [2.24, 2.45) is 5.92 Å². The van der Waals surface area contributed by atoms with Crippen molar-refractivity contribution < 1.29 is 32.9 Å². The van der Waals surface area contributed by atoms with Crippen molar-refractivity contribution in [3.8, 4) is 5.75 Å². The van der Waals surface area contributed by atoms with Crippen molar-refractivity contribution in [1.82, 2.24) is 4.90 Å². The molecule has 1 aromatic heterocycles. The third-order valence-electron chi connectivity index (χ3n) is 6.22. The molecule has 1 saturated heterocycles. The maximum Gasteiger partial charge on any atom is 0.352 e. The van der Waals surface area contributed by atoms with Crippen molar-refractivity contribution in [2.75, 3.05) is 12.4 Å². The summed E-state index contributed by atoms with van der Waals surface area (Å²) in [5.41, 5.74) is 0.546. The van der Waals surface area contributed by atoms with Crippen LogP contribution in [0.15, 0.2) is 81.1 Å². The fourth-order valence-electron chi connectivity index (χ4n) is 4.55. The molecule has 3 atom stereocenters. The standard InChI is InChI=1S/C26H21NO8S/c28-18(10-15-4-2-1-3-5-15)11-20-24(30)27-23(26(31)32)17(14-36(33)25(20)27)13-34-19-8-6-16-7-9-22(29)35-21(16)12-19/h1-9,12,20,25H,10-11,13-14H2,(H,31,32)/t20-,25-,36?/m1/s1. The predicted octanol–water partition coefficient (Wildman–Crippen LogP) is 2.26. The van der Waals surface area contributed by atoms with Gasteiger partial charge in [0.1, 0.15) is 34.8 Å². The number of carbonyl (C=O) groups excluding carboxylic acids is 2. The highest BCUT2D eigenvalue weighted by Gasteiger charge is 2.56. The zero-order valence-electron chi connectivity index (χ0n) is 18.9. The fourth-order valence-corrected chi connectivity index (χ4v) is 6.31. The Hall–Kier alpha value is -4.05. The summed E-state index contributed by atoms with van der Waals surface area (Å²) < 4.78 is 23.9. The summed E-state index contributed by atoms with van der Waals surface area (Å²) in [4.78, 5) is 50.0. The minimum Gasteiger partial charge on any atom is -0.489 e. The van der Waals surface area contributed by atoms with Crippen LogP contribution >= 0.6 is 0 Å². The Labute approximate surface area is 207 Å². The van der Waals surface area contributed by atoms with E-state index in [1.54, 1.807) is 18.2 Å². The van der Waals surface area contributed by atoms with Gasteiger partial charge < -0.3 is 14.3 Å². The molecule has 1 N–H and O–H groups in total. The van der Waals surface area contributed by atoms with Crippen LogP contribution in [0.25, 0.3) is 11.0 Å². The van der Waals surface area contributed by atoms with Gasteiger partial charge in [0.25, 0.3) is 0 Å². The smallest absolute Gasteiger partial charge is 0.352 e. The van der Waals surface area contributed by atoms with Crippen LogP contribution in [-0.2, 0) is 31.6 Å². The lowest BCUT2D eigenvalue weighted by Crippen LogP contribution is -2.65. The van der Waals surface area contributed by atoms with E-state index >= 15 is 0 Å². The van der Waals surface area contributed by atoms with E-state index in [-0.39, 0.29) is 42.3 Å². The van der Waals surface area contributed by atoms with Crippen molar-refractivity contribution in [3.63, 3.8) is 0 Å². The highest BCUT2D eigenvalue weighted by Crippen LogP contribution is 2.40. The highest BCUT2D eigenvalue weighted by atomic mass is 32.2. The van der Waals surface area contributed by atoms with Crippen LogP contribution in [0.1, 0.15) is 12.0 Å². The number of fused-ring (bicyclic) bond motifs is 2. The Kier molecular flexibility index (Phi) is 6.27. The van der Waals surface area contributed by atoms with E-state index in [0.717, 1.165) is 10.5 Å². The van der Waals surface area contributed by atoms with Gasteiger partial charge >= 0.3 is 11.6 Å². The molecule has 3 heterocycles. The molecule has 184 valence electrons. The summed E-state index contributed by atoms with van der Waals surface area (Å²) in [6, 6.07) is 16.8. The molecule has 0 saturated carbocycles. The Morgan fingerprint density at radius 3 is 2.58 bits per heavy atom. The van der Waals surface area contributed by atoms with Crippen LogP contribution in [-0.4, -0.2) is 49.6 Å². The molecule has 1 unspecified atom stereocenters. The van der Waals surface area contributed by atoms with Gasteiger partial charge in [0.2, 0.25) is 5.91 Å². The molecule has 0 aliphatic carbocycles. The number of ether oxygens (including phenoxy) is 1. The Bertz CT molecular complexity index is 1490. The van der Waals surface area contributed by atoms with E-state index in [1.165, 1.54) is 12.1 Å². The van der Waals surface area contributed by atoms with E-state index in [9.17, 15) is 28.5 Å². The van der Waals surface area contributed by atoms with Crippen LogP contribution < -0.4 is 10.4 Å². The number of Topliss-reactive ketones (excluding diaryl/α,β-unsaturated/α-hetero) is 1. The number of nitrogens with zero attached hydrogens (tertiary/aromatic N) is 1. The van der Waals surface area contributed by atoms with Gasteiger partial charge in [-0.1, -0.05) is 30.3 Å². The molecule has 3 aromatic rings. The molecule has 1 fully saturated rings. The zero-order chi connectivity index (χ0) is 25.4. The van der Waals surface area contributed by atoms with Gasteiger partial charge in [-0.2, -0.15) is 0 Å². The highest BCUT2D eigenvalue weighted by molar-refractivity contribution is 7.86. The van der Waals surface area contributed by atoms with Gasteiger partial charge in [-0.25, -0.2) is 9.59 Å². The molecule has 1 amide bonds. The second-order valence-corrected chi connectivity index (χ2v) is 10.2. The number of rotatable bonds is 8. The number of hydrogen-bond donors (Lipinski definition) is 1. The van der Waals surface area contributed by atoms with Gasteiger partial charge in [-0.05, 0) is 23.8 Å². The van der Waals surface area contributed by atoms with Crippen LogP contribution in [0, 0.1) is 5.92 Å². The van der Waals surface area contributed by atoms with Crippen LogP contribution in [0.4, 0.5) is 0 Å². The topological polar surface area (TPSA) is 131 Å². The number of aliphatic carboxylic acids is 1. The van der Waals surface area contributed by atoms with Gasteiger partial charge in [0.15, 0.2) is 0 Å². The summed E-state index contributed by atoms with van der Waals surface area (Å²) in [7, 11) is -1.60. The molecule has 2 aromatic carbocycles. The molecule has 36 heavy (non-hydrogen) atoms. The summed E-state index contributed by atoms with van der Waals surface area (Å²) in [6.07, 6.45) is 0.0538. The normalized spacial score (nSPS) is 21.2. The minimum absolute atomic E-state index is 0.0951. The second-order valence-electron chi connectivity index (χ2n) is 8.64. The molecule has 9 nitrogen and oxygen atoms in total. The first-order valence-electron chi connectivity index (χ1n) is 11.2. The Morgan fingerprint density at radius 2 is 1.83 bits per heavy atom. The Morgan fingerprint density at radius 1 is 1.08 bits per heavy atom. The lowest BCUT2D eigenvalue weighted by atomic mass is 9.89. The first kappa shape index (κ1) is 23.7. The van der Waals surface area contributed by atoms with Gasteiger partial charge in [0, 0.05) is 46.7 Å². The maximum atomic E-state index is 13.0. The molecular weight excluding hydrogens is 486 g/mol. The average molecular weight is 508 g/mol. The fraction of sp³-hybridized carbons (Fsp3) is 0.231. The van der Waals surface area contributed by atoms with E-state index in [2.05, 4.69) is 0 Å². The van der Waals surface area contributed by atoms with Crippen molar-refractivity contribution in [3.05, 3.63) is 87.9 Å². The number of benzene rings is 2. The molecule has 2 aliphatic heterocycles. The first-order chi connectivity index (χ1) is 17.3. The van der Waals surface area contributed by atoms with E-state index < -0.39 is 39.6 Å². The van der Waals surface area contributed by atoms with Crippen molar-refractivity contribution in [2.45, 2.75) is 18.2 Å². The number of amides is 1. The van der Waals surface area contributed by atoms with E-state index in [0.29, 0.717) is 16.7 Å². The number of β-lactam (4-membered cyclic amide) rings is 1. The van der Waals surface area contributed by atoms with Gasteiger partial charge in [0.05, 0.1) is 11.7 Å². The zero-order valence-corrected chi connectivity index (χ0v) is 19.7. The third kappa shape index (κ3) is 4.47. The molecule has 0 radical (unpaired) electrons. The predicted molar refractivity (Wildman–Crippen MR) is 130 cm³/mol. The van der Waals surface area contributed by atoms with E-state index in [1.807, 2.05) is 30.3 Å². The second kappa shape index (κ2) is 9.54. The molecule has 5 rings (SSSR count). The van der Waals surface area contributed by atoms with E-state index in [4.69, 9.17) is 9.15 Å². The lowest BCUT2D eigenvalue weighted by Gasteiger charge is -2.49. The quantitative estimate of drug-likeness (QED) is 0.363. The number of ketones is 1. The average Bonchev–Trinajstić information content (AvgIpc) is 2.85. The van der Waals surface area contributed by atoms with Crippen molar-refractivity contribution in [1.29, 1.82) is 0 Å². The number of carboxylic acids is 1. The molecule has 0 spiro atoms. The molecule has 10 heteroatoms.